The standard InChI is InChI=1S/C17H16F3/c1-2-3-7-13-8-6-9-14(12-13)15-10-4-5-11-16(15)17(18,19)20/h4-6,8,10-12H,2-3,7H2,1H3. The molecule has 0 atom stereocenters. The predicted molar refractivity (Wildman–Crippen MR) is 74.3 cm³/mol. The number of rotatable bonds is 4. The van der Waals surface area contributed by atoms with Crippen LogP contribution in [0.2, 0.25) is 0 Å². The molecule has 0 fully saturated rings. The topological polar surface area (TPSA) is 0 Å². The molecule has 0 aliphatic heterocycles. The molecule has 0 bridgehead atoms. The van der Waals surface area contributed by atoms with Crippen LogP contribution >= 0.6 is 0 Å². The van der Waals surface area contributed by atoms with Gasteiger partial charge in [0, 0.05) is 0 Å². The first kappa shape index (κ1) is 14.6. The highest BCUT2D eigenvalue weighted by Gasteiger charge is 2.33. The van der Waals surface area contributed by atoms with E-state index in [1.165, 1.54) is 12.1 Å². The van der Waals surface area contributed by atoms with E-state index < -0.39 is 11.7 Å². The molecule has 0 aliphatic rings. The van der Waals surface area contributed by atoms with Gasteiger partial charge in [0.25, 0.3) is 0 Å². The maximum Gasteiger partial charge on any atom is 0.417 e. The van der Waals surface area contributed by atoms with Crippen molar-refractivity contribution in [1.29, 1.82) is 0 Å². The zero-order valence-corrected chi connectivity index (χ0v) is 11.3. The van der Waals surface area contributed by atoms with Crippen LogP contribution in [0.15, 0.2) is 42.5 Å². The van der Waals surface area contributed by atoms with Gasteiger partial charge in [0.05, 0.1) is 5.56 Å². The summed E-state index contributed by atoms with van der Waals surface area (Å²) in [5.41, 5.74) is 1.14. The summed E-state index contributed by atoms with van der Waals surface area (Å²) < 4.78 is 39.1. The van der Waals surface area contributed by atoms with Gasteiger partial charge in [-0.1, -0.05) is 49.7 Å². The Morgan fingerprint density at radius 2 is 1.85 bits per heavy atom. The van der Waals surface area contributed by atoms with E-state index in [4.69, 9.17) is 0 Å². The quantitative estimate of drug-likeness (QED) is 0.690. The van der Waals surface area contributed by atoms with Gasteiger partial charge in [-0.05, 0) is 41.7 Å². The second-order valence-electron chi connectivity index (χ2n) is 4.76. The minimum Gasteiger partial charge on any atom is -0.166 e. The first-order valence-electron chi connectivity index (χ1n) is 6.69. The molecule has 0 unspecified atom stereocenters. The highest BCUT2D eigenvalue weighted by Crippen LogP contribution is 2.36. The van der Waals surface area contributed by atoms with Gasteiger partial charge in [-0.2, -0.15) is 13.2 Å². The second-order valence-corrected chi connectivity index (χ2v) is 4.76. The van der Waals surface area contributed by atoms with Crippen LogP contribution in [0.1, 0.15) is 30.9 Å². The van der Waals surface area contributed by atoms with Crippen LogP contribution in [0.4, 0.5) is 13.2 Å². The van der Waals surface area contributed by atoms with Crippen molar-refractivity contribution in [3.8, 4) is 11.1 Å². The molecule has 0 aromatic heterocycles. The van der Waals surface area contributed by atoms with Gasteiger partial charge in [0.15, 0.2) is 0 Å². The summed E-state index contributed by atoms with van der Waals surface area (Å²) in [6.07, 6.45) is -1.37. The molecule has 1 radical (unpaired) electrons. The molecule has 2 aromatic rings. The Kier molecular flexibility index (Phi) is 4.48. The van der Waals surface area contributed by atoms with E-state index in [0.717, 1.165) is 30.9 Å². The minimum absolute atomic E-state index is 0.193. The van der Waals surface area contributed by atoms with E-state index in [1.807, 2.05) is 6.07 Å². The third-order valence-corrected chi connectivity index (χ3v) is 3.21. The fraction of sp³-hybridized carbons (Fsp3) is 0.294. The molecule has 2 aromatic carbocycles. The molecular formula is C17H16F3. The smallest absolute Gasteiger partial charge is 0.166 e. The van der Waals surface area contributed by atoms with Crippen molar-refractivity contribution in [2.75, 3.05) is 0 Å². The van der Waals surface area contributed by atoms with Gasteiger partial charge >= 0.3 is 6.18 Å². The molecule has 3 heteroatoms. The fourth-order valence-corrected chi connectivity index (χ4v) is 2.17. The number of hydrogen-bond donors (Lipinski definition) is 0. The van der Waals surface area contributed by atoms with Crippen molar-refractivity contribution in [2.45, 2.75) is 32.4 Å². The summed E-state index contributed by atoms with van der Waals surface area (Å²) in [6.45, 7) is 2.09. The summed E-state index contributed by atoms with van der Waals surface area (Å²) in [7, 11) is 0. The minimum atomic E-state index is -4.34. The average molecular weight is 277 g/mol. The Labute approximate surface area is 117 Å². The molecule has 0 N–H and O–H groups in total. The van der Waals surface area contributed by atoms with Crippen LogP contribution < -0.4 is 0 Å². The van der Waals surface area contributed by atoms with E-state index in [1.54, 1.807) is 18.2 Å². The first-order chi connectivity index (χ1) is 9.52. The van der Waals surface area contributed by atoms with Gasteiger partial charge in [0.2, 0.25) is 0 Å². The predicted octanol–water partition coefficient (Wildman–Crippen LogP) is 5.52. The van der Waals surface area contributed by atoms with E-state index in [-0.39, 0.29) is 5.56 Å². The van der Waals surface area contributed by atoms with Crippen LogP contribution in [0.3, 0.4) is 0 Å². The monoisotopic (exact) mass is 277 g/mol. The highest BCUT2D eigenvalue weighted by molar-refractivity contribution is 5.68. The van der Waals surface area contributed by atoms with Crippen LogP contribution in [-0.4, -0.2) is 0 Å². The van der Waals surface area contributed by atoms with E-state index in [2.05, 4.69) is 13.0 Å². The van der Waals surface area contributed by atoms with Crippen molar-refractivity contribution >= 4 is 0 Å². The van der Waals surface area contributed by atoms with E-state index in [0.29, 0.717) is 5.56 Å². The molecule has 0 saturated heterocycles. The molecule has 0 nitrogen and oxygen atoms in total. The maximum absolute atomic E-state index is 13.0. The lowest BCUT2D eigenvalue weighted by atomic mass is 9.96. The Morgan fingerprint density at radius 1 is 1.10 bits per heavy atom. The normalized spacial score (nSPS) is 11.6. The number of aryl methyl sites for hydroxylation is 1. The van der Waals surface area contributed by atoms with Crippen LogP contribution in [-0.2, 0) is 12.6 Å². The summed E-state index contributed by atoms with van der Waals surface area (Å²) >= 11 is 0. The molecule has 0 spiro atoms. The number of alkyl halides is 3. The van der Waals surface area contributed by atoms with Crippen LogP contribution in [0, 0.1) is 6.07 Å². The van der Waals surface area contributed by atoms with Crippen molar-refractivity contribution in [2.24, 2.45) is 0 Å². The van der Waals surface area contributed by atoms with Gasteiger partial charge < -0.3 is 0 Å². The fourth-order valence-electron chi connectivity index (χ4n) is 2.17. The third kappa shape index (κ3) is 3.41. The lowest BCUT2D eigenvalue weighted by molar-refractivity contribution is -0.137. The molecule has 0 heterocycles. The van der Waals surface area contributed by atoms with Crippen molar-refractivity contribution in [3.05, 3.63) is 59.7 Å². The summed E-state index contributed by atoms with van der Waals surface area (Å²) in [4.78, 5) is 0. The molecule has 0 saturated carbocycles. The summed E-state index contributed by atoms with van der Waals surface area (Å²) in [6, 6.07) is 14.0. The van der Waals surface area contributed by atoms with E-state index >= 15 is 0 Å². The number of benzene rings is 2. The summed E-state index contributed by atoms with van der Waals surface area (Å²) in [5, 5.41) is 0. The van der Waals surface area contributed by atoms with E-state index in [9.17, 15) is 13.2 Å². The Balaban J connectivity index is 2.42. The van der Waals surface area contributed by atoms with Gasteiger partial charge in [-0.25, -0.2) is 0 Å². The number of halogens is 3. The van der Waals surface area contributed by atoms with Gasteiger partial charge in [-0.3, -0.25) is 0 Å². The third-order valence-electron chi connectivity index (χ3n) is 3.21. The largest absolute Gasteiger partial charge is 0.417 e. The molecule has 20 heavy (non-hydrogen) atoms. The average Bonchev–Trinajstić information content (AvgIpc) is 2.44. The van der Waals surface area contributed by atoms with Crippen molar-refractivity contribution < 1.29 is 13.2 Å². The summed E-state index contributed by atoms with van der Waals surface area (Å²) in [5.74, 6) is 0. The first-order valence-corrected chi connectivity index (χ1v) is 6.69. The lowest BCUT2D eigenvalue weighted by Gasteiger charge is -2.13. The molecule has 0 aliphatic carbocycles. The zero-order chi connectivity index (χ0) is 14.6. The second kappa shape index (κ2) is 6.12. The van der Waals surface area contributed by atoms with Gasteiger partial charge in [-0.15, -0.1) is 0 Å². The Morgan fingerprint density at radius 3 is 2.55 bits per heavy atom. The Hall–Kier alpha value is -1.77. The molecular weight excluding hydrogens is 261 g/mol. The molecule has 2 rings (SSSR count). The Bertz CT molecular complexity index is 570. The zero-order valence-electron chi connectivity index (χ0n) is 11.3. The molecule has 105 valence electrons. The van der Waals surface area contributed by atoms with Crippen LogP contribution in [0.25, 0.3) is 11.1 Å². The highest BCUT2D eigenvalue weighted by atomic mass is 19.4. The molecule has 0 amide bonds. The number of hydrogen-bond acceptors (Lipinski definition) is 0. The van der Waals surface area contributed by atoms with Gasteiger partial charge in [0.1, 0.15) is 0 Å². The van der Waals surface area contributed by atoms with Crippen molar-refractivity contribution in [3.63, 3.8) is 0 Å². The van der Waals surface area contributed by atoms with Crippen molar-refractivity contribution in [1.82, 2.24) is 0 Å². The lowest BCUT2D eigenvalue weighted by Crippen LogP contribution is -2.06. The maximum atomic E-state index is 13.0. The SMILES string of the molecule is CCCCc1cc[c]c(-c2ccccc2C(F)(F)F)c1. The van der Waals surface area contributed by atoms with Crippen LogP contribution in [0.5, 0.6) is 0 Å². The number of unbranched alkanes of at least 4 members (excludes halogenated alkanes) is 1.